The summed E-state index contributed by atoms with van der Waals surface area (Å²) in [4.78, 5) is 14.1. The second-order valence-electron chi connectivity index (χ2n) is 3.95. The quantitative estimate of drug-likeness (QED) is 0.773. The maximum Gasteiger partial charge on any atom is 0.253 e. The third-order valence-electron chi connectivity index (χ3n) is 2.72. The van der Waals surface area contributed by atoms with Gasteiger partial charge in [-0.15, -0.1) is 0 Å². The Hall–Kier alpha value is -1.44. The first kappa shape index (κ1) is 13.0. The molecule has 1 saturated heterocycles. The molecular weight excluding hydrogens is 246 g/mol. The predicted octanol–water partition coefficient (Wildman–Crippen LogP) is 1.22. The molecule has 3 nitrogen and oxygen atoms in total. The van der Waals surface area contributed by atoms with Crippen molar-refractivity contribution < 1.29 is 9.90 Å². The van der Waals surface area contributed by atoms with E-state index in [1.54, 1.807) is 6.07 Å². The monoisotopic (exact) mass is 261 g/mol. The lowest BCUT2D eigenvalue weighted by molar-refractivity contribution is 0.0772. The van der Waals surface area contributed by atoms with Gasteiger partial charge in [0.15, 0.2) is 0 Å². The van der Waals surface area contributed by atoms with Gasteiger partial charge in [-0.25, -0.2) is 0 Å². The Labute approximate surface area is 111 Å². The van der Waals surface area contributed by atoms with Crippen molar-refractivity contribution in [3.63, 3.8) is 0 Å². The molecule has 0 atom stereocenters. The van der Waals surface area contributed by atoms with Crippen molar-refractivity contribution in [3.8, 4) is 11.8 Å². The van der Waals surface area contributed by atoms with Gasteiger partial charge in [-0.2, -0.15) is 11.8 Å². The van der Waals surface area contributed by atoms with Gasteiger partial charge >= 0.3 is 0 Å². The normalized spacial score (nSPS) is 14.8. The van der Waals surface area contributed by atoms with E-state index < -0.39 is 0 Å². The van der Waals surface area contributed by atoms with Gasteiger partial charge in [0.1, 0.15) is 6.61 Å². The summed E-state index contributed by atoms with van der Waals surface area (Å²) in [5, 5.41) is 8.66. The number of rotatable bonds is 1. The topological polar surface area (TPSA) is 40.5 Å². The molecular formula is C14H15NO2S. The number of carbonyl (C=O) groups is 1. The van der Waals surface area contributed by atoms with Gasteiger partial charge in [0.05, 0.1) is 0 Å². The van der Waals surface area contributed by atoms with E-state index in [9.17, 15) is 4.79 Å². The van der Waals surface area contributed by atoms with E-state index in [4.69, 9.17) is 5.11 Å². The Morgan fingerprint density at radius 2 is 2.17 bits per heavy atom. The first-order valence-corrected chi connectivity index (χ1v) is 7.03. The summed E-state index contributed by atoms with van der Waals surface area (Å²) in [5.74, 6) is 7.50. The van der Waals surface area contributed by atoms with Crippen LogP contribution in [-0.4, -0.2) is 47.1 Å². The molecule has 1 amide bonds. The van der Waals surface area contributed by atoms with Gasteiger partial charge in [-0.1, -0.05) is 17.9 Å². The minimum atomic E-state index is -0.165. The maximum absolute atomic E-state index is 12.2. The highest BCUT2D eigenvalue weighted by Gasteiger charge is 2.18. The Bertz CT molecular complexity index is 484. The number of benzene rings is 1. The molecule has 0 radical (unpaired) electrons. The SMILES string of the molecule is O=C(c1cccc(C#CCO)c1)N1CCSCC1. The van der Waals surface area contributed by atoms with Crippen molar-refractivity contribution in [2.75, 3.05) is 31.2 Å². The Balaban J connectivity index is 2.14. The summed E-state index contributed by atoms with van der Waals surface area (Å²) < 4.78 is 0. The van der Waals surface area contributed by atoms with E-state index in [-0.39, 0.29) is 12.5 Å². The van der Waals surface area contributed by atoms with Crippen molar-refractivity contribution in [2.45, 2.75) is 0 Å². The molecule has 0 saturated carbocycles. The number of aliphatic hydroxyl groups is 1. The molecule has 1 N–H and O–H groups in total. The number of carbonyl (C=O) groups excluding carboxylic acids is 1. The molecule has 0 aromatic heterocycles. The van der Waals surface area contributed by atoms with Gasteiger partial charge in [0.25, 0.3) is 5.91 Å². The zero-order valence-electron chi connectivity index (χ0n) is 10.1. The van der Waals surface area contributed by atoms with E-state index in [1.807, 2.05) is 34.9 Å². The predicted molar refractivity (Wildman–Crippen MR) is 73.6 cm³/mol. The molecule has 94 valence electrons. The van der Waals surface area contributed by atoms with Crippen molar-refractivity contribution in [2.24, 2.45) is 0 Å². The molecule has 0 aliphatic carbocycles. The van der Waals surface area contributed by atoms with Crippen LogP contribution in [0.2, 0.25) is 0 Å². The standard InChI is InChI=1S/C14H15NO2S/c16-8-2-4-12-3-1-5-13(11-12)14(17)15-6-9-18-10-7-15/h1,3,5,11,16H,6-10H2. The fourth-order valence-corrected chi connectivity index (χ4v) is 2.72. The van der Waals surface area contributed by atoms with Crippen LogP contribution in [0.15, 0.2) is 24.3 Å². The Kier molecular flexibility index (Phi) is 4.68. The highest BCUT2D eigenvalue weighted by Crippen LogP contribution is 2.13. The largest absolute Gasteiger partial charge is 0.384 e. The molecule has 1 aliphatic rings. The average Bonchev–Trinajstić information content (AvgIpc) is 2.45. The highest BCUT2D eigenvalue weighted by atomic mass is 32.2. The maximum atomic E-state index is 12.2. The van der Waals surface area contributed by atoms with Gasteiger partial charge in [-0.3, -0.25) is 4.79 Å². The summed E-state index contributed by atoms with van der Waals surface area (Å²) in [6.07, 6.45) is 0. The summed E-state index contributed by atoms with van der Waals surface area (Å²) >= 11 is 1.88. The number of hydrogen-bond acceptors (Lipinski definition) is 3. The van der Waals surface area contributed by atoms with Crippen molar-refractivity contribution in [1.29, 1.82) is 0 Å². The molecule has 0 spiro atoms. The molecule has 1 heterocycles. The van der Waals surface area contributed by atoms with E-state index in [1.165, 1.54) is 0 Å². The number of amides is 1. The fraction of sp³-hybridized carbons (Fsp3) is 0.357. The van der Waals surface area contributed by atoms with Crippen LogP contribution in [0.1, 0.15) is 15.9 Å². The summed E-state index contributed by atoms with van der Waals surface area (Å²) in [6, 6.07) is 7.26. The second-order valence-corrected chi connectivity index (χ2v) is 5.17. The number of aliphatic hydroxyl groups excluding tert-OH is 1. The van der Waals surface area contributed by atoms with Gasteiger partial charge in [-0.05, 0) is 18.2 Å². The van der Waals surface area contributed by atoms with Crippen LogP contribution in [0.5, 0.6) is 0 Å². The summed E-state index contributed by atoms with van der Waals surface area (Å²) in [7, 11) is 0. The molecule has 1 aromatic carbocycles. The van der Waals surface area contributed by atoms with Crippen molar-refractivity contribution in [3.05, 3.63) is 35.4 Å². The molecule has 1 fully saturated rings. The Morgan fingerprint density at radius 3 is 2.89 bits per heavy atom. The summed E-state index contributed by atoms with van der Waals surface area (Å²) in [6.45, 7) is 1.47. The van der Waals surface area contributed by atoms with Crippen molar-refractivity contribution >= 4 is 17.7 Å². The van der Waals surface area contributed by atoms with E-state index in [0.717, 1.165) is 30.2 Å². The number of hydrogen-bond donors (Lipinski definition) is 1. The summed E-state index contributed by atoms with van der Waals surface area (Å²) in [5.41, 5.74) is 1.44. The van der Waals surface area contributed by atoms with E-state index in [2.05, 4.69) is 11.8 Å². The van der Waals surface area contributed by atoms with Gasteiger partial charge in [0.2, 0.25) is 0 Å². The number of thioether (sulfide) groups is 1. The van der Waals surface area contributed by atoms with Crippen LogP contribution in [0.3, 0.4) is 0 Å². The minimum absolute atomic E-state index is 0.0722. The molecule has 0 bridgehead atoms. The molecule has 4 heteroatoms. The molecule has 2 rings (SSSR count). The van der Waals surface area contributed by atoms with Gasteiger partial charge in [0, 0.05) is 35.7 Å². The fourth-order valence-electron chi connectivity index (χ4n) is 1.82. The van der Waals surface area contributed by atoms with Crippen LogP contribution in [0.4, 0.5) is 0 Å². The lowest BCUT2D eigenvalue weighted by atomic mass is 10.1. The Morgan fingerprint density at radius 1 is 1.39 bits per heavy atom. The first-order valence-electron chi connectivity index (χ1n) is 5.88. The van der Waals surface area contributed by atoms with Crippen LogP contribution in [0, 0.1) is 11.8 Å². The van der Waals surface area contributed by atoms with Crippen LogP contribution >= 0.6 is 11.8 Å². The second kappa shape index (κ2) is 6.48. The lowest BCUT2D eigenvalue weighted by Crippen LogP contribution is -2.37. The van der Waals surface area contributed by atoms with Crippen LogP contribution < -0.4 is 0 Å². The lowest BCUT2D eigenvalue weighted by Gasteiger charge is -2.26. The van der Waals surface area contributed by atoms with Gasteiger partial charge < -0.3 is 10.0 Å². The zero-order valence-corrected chi connectivity index (χ0v) is 10.9. The van der Waals surface area contributed by atoms with E-state index >= 15 is 0 Å². The molecule has 1 aromatic rings. The molecule has 1 aliphatic heterocycles. The first-order chi connectivity index (χ1) is 8.81. The zero-order chi connectivity index (χ0) is 12.8. The smallest absolute Gasteiger partial charge is 0.253 e. The van der Waals surface area contributed by atoms with Crippen LogP contribution in [0.25, 0.3) is 0 Å². The highest BCUT2D eigenvalue weighted by molar-refractivity contribution is 7.99. The average molecular weight is 261 g/mol. The third kappa shape index (κ3) is 3.28. The minimum Gasteiger partial charge on any atom is -0.384 e. The van der Waals surface area contributed by atoms with E-state index in [0.29, 0.717) is 5.56 Å². The third-order valence-corrected chi connectivity index (χ3v) is 3.66. The molecule has 18 heavy (non-hydrogen) atoms. The number of nitrogens with zero attached hydrogens (tertiary/aromatic N) is 1. The molecule has 0 unspecified atom stereocenters. The van der Waals surface area contributed by atoms with Crippen molar-refractivity contribution in [1.82, 2.24) is 4.90 Å². The van der Waals surface area contributed by atoms with Crippen LogP contribution in [-0.2, 0) is 0 Å².